The average Bonchev–Trinajstić information content (AvgIpc) is 2.59. The largest absolute Gasteiger partial charge is 0.313 e. The molecular formula is C21H27N. The van der Waals surface area contributed by atoms with Crippen LogP contribution in [0.5, 0.6) is 0 Å². The maximum absolute atomic E-state index is 4.48. The fourth-order valence-electron chi connectivity index (χ4n) is 3.93. The lowest BCUT2D eigenvalue weighted by molar-refractivity contribution is 0.334. The minimum atomic E-state index is 0.171. The fraction of sp³-hybridized carbons (Fsp3) is 0.429. The Morgan fingerprint density at radius 1 is 1.05 bits per heavy atom. The van der Waals surface area contributed by atoms with Crippen LogP contribution in [0.4, 0.5) is 0 Å². The zero-order chi connectivity index (χ0) is 15.4. The van der Waals surface area contributed by atoms with Gasteiger partial charge in [-0.2, -0.15) is 0 Å². The fourth-order valence-corrected chi connectivity index (χ4v) is 3.93. The van der Waals surface area contributed by atoms with Gasteiger partial charge in [0.2, 0.25) is 0 Å². The molecule has 1 nitrogen and oxygen atoms in total. The van der Waals surface area contributed by atoms with E-state index in [2.05, 4.69) is 61.3 Å². The molecule has 1 heteroatoms. The van der Waals surface area contributed by atoms with Crippen LogP contribution in [-0.2, 0) is 5.41 Å². The summed E-state index contributed by atoms with van der Waals surface area (Å²) in [7, 11) is 0. The maximum atomic E-state index is 4.48. The van der Waals surface area contributed by atoms with Crippen molar-refractivity contribution < 1.29 is 0 Å². The molecule has 2 aromatic carbocycles. The van der Waals surface area contributed by atoms with Crippen molar-refractivity contribution in [2.75, 3.05) is 13.1 Å². The average molecular weight is 293 g/mol. The van der Waals surface area contributed by atoms with Crippen LogP contribution < -0.4 is 5.32 Å². The Hall–Kier alpha value is -1.60. The number of hydrogen-bond donors (Lipinski definition) is 1. The van der Waals surface area contributed by atoms with Crippen LogP contribution in [0.25, 0.3) is 10.8 Å². The zero-order valence-electron chi connectivity index (χ0n) is 13.7. The summed E-state index contributed by atoms with van der Waals surface area (Å²) < 4.78 is 0. The van der Waals surface area contributed by atoms with Gasteiger partial charge in [0.05, 0.1) is 0 Å². The minimum absolute atomic E-state index is 0.171. The van der Waals surface area contributed by atoms with E-state index in [-0.39, 0.29) is 5.41 Å². The van der Waals surface area contributed by atoms with E-state index in [9.17, 15) is 0 Å². The van der Waals surface area contributed by atoms with Gasteiger partial charge < -0.3 is 5.32 Å². The van der Waals surface area contributed by atoms with Gasteiger partial charge in [0.1, 0.15) is 0 Å². The number of rotatable bonds is 5. The molecule has 2 aromatic rings. The van der Waals surface area contributed by atoms with E-state index in [1.54, 1.807) is 0 Å². The maximum Gasteiger partial charge on any atom is 0.0172 e. The SMILES string of the molecule is C=C(CNCC)C1(c2ccc3ccccc3c2)CCCCC1. The van der Waals surface area contributed by atoms with Gasteiger partial charge >= 0.3 is 0 Å². The number of likely N-dealkylation sites (N-methyl/N-ethyl adjacent to an activating group) is 1. The summed E-state index contributed by atoms with van der Waals surface area (Å²) in [5, 5.41) is 6.15. The molecule has 0 heterocycles. The molecule has 1 N–H and O–H groups in total. The van der Waals surface area contributed by atoms with E-state index in [4.69, 9.17) is 0 Å². The van der Waals surface area contributed by atoms with Crippen molar-refractivity contribution in [1.82, 2.24) is 5.32 Å². The third kappa shape index (κ3) is 2.83. The molecule has 0 atom stereocenters. The first-order valence-corrected chi connectivity index (χ1v) is 8.64. The van der Waals surface area contributed by atoms with Gasteiger partial charge in [-0.25, -0.2) is 0 Å². The first kappa shape index (κ1) is 15.3. The van der Waals surface area contributed by atoms with Crippen molar-refractivity contribution in [2.24, 2.45) is 0 Å². The van der Waals surface area contributed by atoms with E-state index in [0.717, 1.165) is 13.1 Å². The van der Waals surface area contributed by atoms with Gasteiger partial charge in [0.15, 0.2) is 0 Å². The Labute approximate surface area is 134 Å². The van der Waals surface area contributed by atoms with Crippen molar-refractivity contribution in [2.45, 2.75) is 44.4 Å². The lowest BCUT2D eigenvalue weighted by Gasteiger charge is -2.40. The third-order valence-corrected chi connectivity index (χ3v) is 5.27. The molecule has 0 spiro atoms. The number of fused-ring (bicyclic) bond motifs is 1. The number of hydrogen-bond acceptors (Lipinski definition) is 1. The molecule has 0 amide bonds. The minimum Gasteiger partial charge on any atom is -0.313 e. The smallest absolute Gasteiger partial charge is 0.0172 e. The summed E-state index contributed by atoms with van der Waals surface area (Å²) in [5.41, 5.74) is 3.00. The van der Waals surface area contributed by atoms with E-state index in [1.807, 2.05) is 0 Å². The quantitative estimate of drug-likeness (QED) is 0.746. The molecule has 0 aliphatic heterocycles. The standard InChI is InChI=1S/C21H27N/c1-3-22-16-17(2)21(13-7-4-8-14-21)20-12-11-18-9-5-6-10-19(18)15-20/h5-6,9-12,15,22H,2-4,7-8,13-14,16H2,1H3. The molecule has 22 heavy (non-hydrogen) atoms. The summed E-state index contributed by atoms with van der Waals surface area (Å²) >= 11 is 0. The van der Waals surface area contributed by atoms with Crippen molar-refractivity contribution in [3.63, 3.8) is 0 Å². The van der Waals surface area contributed by atoms with Crippen LogP contribution >= 0.6 is 0 Å². The van der Waals surface area contributed by atoms with Crippen LogP contribution in [0.15, 0.2) is 54.6 Å². The highest BCUT2D eigenvalue weighted by atomic mass is 14.8. The monoisotopic (exact) mass is 293 g/mol. The number of benzene rings is 2. The van der Waals surface area contributed by atoms with Gasteiger partial charge in [-0.1, -0.05) is 80.8 Å². The molecule has 0 saturated heterocycles. The number of nitrogens with one attached hydrogen (secondary N) is 1. The Morgan fingerprint density at radius 3 is 2.50 bits per heavy atom. The van der Waals surface area contributed by atoms with Crippen molar-refractivity contribution in [3.8, 4) is 0 Å². The van der Waals surface area contributed by atoms with E-state index >= 15 is 0 Å². The highest BCUT2D eigenvalue weighted by Gasteiger charge is 2.36. The molecule has 0 aromatic heterocycles. The van der Waals surface area contributed by atoms with E-state index in [1.165, 1.54) is 54.0 Å². The second-order valence-electron chi connectivity index (χ2n) is 6.59. The molecule has 1 aliphatic rings. The Kier molecular flexibility index (Phi) is 4.63. The molecule has 1 saturated carbocycles. The zero-order valence-corrected chi connectivity index (χ0v) is 13.7. The molecule has 3 rings (SSSR count). The van der Waals surface area contributed by atoms with Gasteiger partial charge in [-0.3, -0.25) is 0 Å². The van der Waals surface area contributed by atoms with Crippen LogP contribution in [0.1, 0.15) is 44.6 Å². The molecule has 0 bridgehead atoms. The second kappa shape index (κ2) is 6.66. The topological polar surface area (TPSA) is 12.0 Å². The summed E-state index contributed by atoms with van der Waals surface area (Å²) in [6, 6.07) is 15.7. The van der Waals surface area contributed by atoms with Gasteiger partial charge in [-0.05, 0) is 35.7 Å². The summed E-state index contributed by atoms with van der Waals surface area (Å²) in [6.45, 7) is 8.59. The lowest BCUT2D eigenvalue weighted by Crippen LogP contribution is -2.35. The van der Waals surface area contributed by atoms with E-state index < -0.39 is 0 Å². The Bertz CT molecular complexity index is 650. The molecule has 1 fully saturated rings. The predicted octanol–water partition coefficient (Wildman–Crippen LogP) is 5.21. The van der Waals surface area contributed by atoms with Crippen LogP contribution in [-0.4, -0.2) is 13.1 Å². The van der Waals surface area contributed by atoms with Gasteiger partial charge in [0.25, 0.3) is 0 Å². The lowest BCUT2D eigenvalue weighted by atomic mass is 9.65. The van der Waals surface area contributed by atoms with Gasteiger partial charge in [-0.15, -0.1) is 0 Å². The van der Waals surface area contributed by atoms with E-state index in [0.29, 0.717) is 0 Å². The van der Waals surface area contributed by atoms with Crippen LogP contribution in [0, 0.1) is 0 Å². The van der Waals surface area contributed by atoms with Crippen molar-refractivity contribution >= 4 is 10.8 Å². The Morgan fingerprint density at radius 2 is 1.77 bits per heavy atom. The normalized spacial score (nSPS) is 17.5. The summed E-state index contributed by atoms with van der Waals surface area (Å²) in [4.78, 5) is 0. The summed E-state index contributed by atoms with van der Waals surface area (Å²) in [5.74, 6) is 0. The highest BCUT2D eigenvalue weighted by Crippen LogP contribution is 2.45. The predicted molar refractivity (Wildman–Crippen MR) is 96.4 cm³/mol. The highest BCUT2D eigenvalue weighted by molar-refractivity contribution is 5.83. The van der Waals surface area contributed by atoms with Crippen LogP contribution in [0.3, 0.4) is 0 Å². The Balaban J connectivity index is 2.01. The molecular weight excluding hydrogens is 266 g/mol. The first-order valence-electron chi connectivity index (χ1n) is 8.64. The molecule has 116 valence electrons. The van der Waals surface area contributed by atoms with Crippen molar-refractivity contribution in [3.05, 3.63) is 60.2 Å². The van der Waals surface area contributed by atoms with Crippen LogP contribution in [0.2, 0.25) is 0 Å². The first-order chi connectivity index (χ1) is 10.8. The molecule has 1 aliphatic carbocycles. The summed E-state index contributed by atoms with van der Waals surface area (Å²) in [6.07, 6.45) is 6.49. The molecule has 0 radical (unpaired) electrons. The second-order valence-corrected chi connectivity index (χ2v) is 6.59. The third-order valence-electron chi connectivity index (χ3n) is 5.27. The van der Waals surface area contributed by atoms with Crippen molar-refractivity contribution in [1.29, 1.82) is 0 Å². The molecule has 0 unspecified atom stereocenters. The van der Waals surface area contributed by atoms with Gasteiger partial charge in [0, 0.05) is 12.0 Å².